The Kier molecular flexibility index (Phi) is 4.76. The zero-order valence-electron chi connectivity index (χ0n) is 14.0. The largest absolute Gasteiger partial charge is 0.358 e. The summed E-state index contributed by atoms with van der Waals surface area (Å²) in [6.07, 6.45) is 0. The second-order valence-corrected chi connectivity index (χ2v) is 6.19. The van der Waals surface area contributed by atoms with E-state index in [1.54, 1.807) is 6.07 Å². The number of H-pyrrole nitrogens is 1. The van der Waals surface area contributed by atoms with Gasteiger partial charge in [-0.1, -0.05) is 30.3 Å². The van der Waals surface area contributed by atoms with Crippen molar-refractivity contribution >= 4 is 10.9 Å². The van der Waals surface area contributed by atoms with Gasteiger partial charge in [-0.2, -0.15) is 0 Å². The van der Waals surface area contributed by atoms with E-state index in [-0.39, 0.29) is 11.2 Å². The molecule has 2 N–H and O–H groups in total. The summed E-state index contributed by atoms with van der Waals surface area (Å²) in [6, 6.07) is 14.6. The second kappa shape index (κ2) is 6.97. The minimum atomic E-state index is -0.383. The van der Waals surface area contributed by atoms with Gasteiger partial charge < -0.3 is 9.88 Å². The lowest BCUT2D eigenvalue weighted by Gasteiger charge is -2.19. The van der Waals surface area contributed by atoms with Gasteiger partial charge in [-0.05, 0) is 32.0 Å². The van der Waals surface area contributed by atoms with Crippen LogP contribution in [0.5, 0.6) is 0 Å². The molecule has 124 valence electrons. The molecule has 0 spiro atoms. The average molecular weight is 325 g/mol. The molecule has 0 bridgehead atoms. The van der Waals surface area contributed by atoms with Crippen LogP contribution in [0.4, 0.5) is 4.39 Å². The van der Waals surface area contributed by atoms with Gasteiger partial charge in [-0.3, -0.25) is 4.79 Å². The molecule has 0 aliphatic heterocycles. The minimum absolute atomic E-state index is 0.0697. The molecular formula is C20H22FN2O+. The van der Waals surface area contributed by atoms with E-state index >= 15 is 0 Å². The molecule has 1 unspecified atom stereocenters. The normalized spacial score (nSPS) is 12.5. The first-order chi connectivity index (χ1) is 11.6. The topological polar surface area (TPSA) is 37.3 Å². The number of nitrogens with one attached hydrogen (secondary N) is 2. The lowest BCUT2D eigenvalue weighted by Crippen LogP contribution is -3.09. The van der Waals surface area contributed by atoms with E-state index in [1.807, 2.05) is 25.1 Å². The highest BCUT2D eigenvalue weighted by Gasteiger charge is 2.16. The molecule has 0 saturated carbocycles. The first kappa shape index (κ1) is 16.4. The maximum atomic E-state index is 13.5. The zero-order chi connectivity index (χ0) is 17.1. The Balaban J connectivity index is 1.94. The third-order valence-electron chi connectivity index (χ3n) is 4.50. The van der Waals surface area contributed by atoms with Gasteiger partial charge in [0.05, 0.1) is 12.1 Å². The van der Waals surface area contributed by atoms with Crippen molar-refractivity contribution in [2.24, 2.45) is 0 Å². The van der Waals surface area contributed by atoms with Crippen molar-refractivity contribution < 1.29 is 9.29 Å². The number of aryl methyl sites for hydroxylation is 1. The van der Waals surface area contributed by atoms with Gasteiger partial charge in [0.25, 0.3) is 0 Å². The highest BCUT2D eigenvalue weighted by Crippen LogP contribution is 2.12. The number of hydrogen-bond donors (Lipinski definition) is 2. The fourth-order valence-corrected chi connectivity index (χ4v) is 3.08. The summed E-state index contributed by atoms with van der Waals surface area (Å²) in [5, 5.41) is 0.422. The van der Waals surface area contributed by atoms with Crippen molar-refractivity contribution in [2.45, 2.75) is 26.9 Å². The zero-order valence-corrected chi connectivity index (χ0v) is 14.0. The molecule has 0 aliphatic rings. The Labute approximate surface area is 140 Å². The maximum Gasteiger partial charge on any atom is 0.198 e. The Morgan fingerprint density at radius 2 is 1.83 bits per heavy atom. The lowest BCUT2D eigenvalue weighted by molar-refractivity contribution is -0.925. The van der Waals surface area contributed by atoms with Crippen molar-refractivity contribution in [3.8, 4) is 0 Å². The van der Waals surface area contributed by atoms with Crippen LogP contribution in [0.25, 0.3) is 10.9 Å². The van der Waals surface area contributed by atoms with Crippen molar-refractivity contribution in [3.05, 3.63) is 81.4 Å². The van der Waals surface area contributed by atoms with Crippen LogP contribution in [0.15, 0.2) is 53.3 Å². The van der Waals surface area contributed by atoms with Crippen LogP contribution < -0.4 is 10.3 Å². The smallest absolute Gasteiger partial charge is 0.198 e. The van der Waals surface area contributed by atoms with Crippen LogP contribution in [0.1, 0.15) is 23.7 Å². The molecular weight excluding hydrogens is 303 g/mol. The number of benzene rings is 2. The van der Waals surface area contributed by atoms with E-state index in [0.29, 0.717) is 17.4 Å². The van der Waals surface area contributed by atoms with Crippen LogP contribution in [-0.4, -0.2) is 11.5 Å². The standard InChI is InChI=1S/C20H21FN2O/c1-3-23(12-15-7-5-4-6-8-15)13-18-14(2)22-19-10-9-16(21)11-17(19)20(18)24/h4-11H,3,12-13H2,1-2H3,(H,22,24)/p+1. The number of fused-ring (bicyclic) bond motifs is 1. The minimum Gasteiger partial charge on any atom is -0.358 e. The van der Waals surface area contributed by atoms with Crippen molar-refractivity contribution in [1.29, 1.82) is 0 Å². The van der Waals surface area contributed by atoms with Crippen LogP contribution >= 0.6 is 0 Å². The predicted octanol–water partition coefficient (Wildman–Crippen LogP) is 2.58. The maximum absolute atomic E-state index is 13.5. The highest BCUT2D eigenvalue weighted by molar-refractivity contribution is 5.79. The number of pyridine rings is 1. The monoisotopic (exact) mass is 325 g/mol. The number of hydrogen-bond acceptors (Lipinski definition) is 1. The third kappa shape index (κ3) is 3.39. The van der Waals surface area contributed by atoms with Crippen molar-refractivity contribution in [3.63, 3.8) is 0 Å². The Morgan fingerprint density at radius 3 is 2.54 bits per heavy atom. The van der Waals surface area contributed by atoms with E-state index in [4.69, 9.17) is 0 Å². The molecule has 3 rings (SSSR count). The van der Waals surface area contributed by atoms with Crippen molar-refractivity contribution in [2.75, 3.05) is 6.54 Å². The van der Waals surface area contributed by atoms with E-state index in [1.165, 1.54) is 22.6 Å². The molecule has 24 heavy (non-hydrogen) atoms. The summed E-state index contributed by atoms with van der Waals surface area (Å²) >= 11 is 0. The molecule has 1 aromatic heterocycles. The molecule has 3 aromatic rings. The molecule has 0 fully saturated rings. The first-order valence-electron chi connectivity index (χ1n) is 8.27. The molecule has 4 heteroatoms. The Hall–Kier alpha value is -2.46. The van der Waals surface area contributed by atoms with E-state index in [9.17, 15) is 9.18 Å². The van der Waals surface area contributed by atoms with Crippen LogP contribution in [0.3, 0.4) is 0 Å². The molecule has 1 heterocycles. The number of quaternary nitrogens is 1. The number of rotatable bonds is 5. The number of aromatic amines is 1. The molecule has 0 amide bonds. The van der Waals surface area contributed by atoms with E-state index < -0.39 is 0 Å². The van der Waals surface area contributed by atoms with Gasteiger partial charge in [-0.15, -0.1) is 0 Å². The molecule has 0 aliphatic carbocycles. The van der Waals surface area contributed by atoms with Gasteiger partial charge in [-0.25, -0.2) is 4.39 Å². The van der Waals surface area contributed by atoms with E-state index in [2.05, 4.69) is 24.0 Å². The van der Waals surface area contributed by atoms with Gasteiger partial charge in [0.2, 0.25) is 0 Å². The van der Waals surface area contributed by atoms with Crippen LogP contribution in [0.2, 0.25) is 0 Å². The molecule has 0 radical (unpaired) electrons. The Morgan fingerprint density at radius 1 is 1.08 bits per heavy atom. The van der Waals surface area contributed by atoms with Gasteiger partial charge in [0.15, 0.2) is 5.43 Å². The predicted molar refractivity (Wildman–Crippen MR) is 94.6 cm³/mol. The summed E-state index contributed by atoms with van der Waals surface area (Å²) in [6.45, 7) is 6.42. The van der Waals surface area contributed by atoms with Gasteiger partial charge >= 0.3 is 0 Å². The lowest BCUT2D eigenvalue weighted by atomic mass is 10.1. The van der Waals surface area contributed by atoms with Gasteiger partial charge in [0, 0.05) is 22.2 Å². The number of aromatic nitrogens is 1. The highest BCUT2D eigenvalue weighted by atomic mass is 19.1. The Bertz CT molecular complexity index is 903. The van der Waals surface area contributed by atoms with Crippen LogP contribution in [0, 0.1) is 12.7 Å². The molecule has 3 nitrogen and oxygen atoms in total. The van der Waals surface area contributed by atoms with Crippen LogP contribution in [-0.2, 0) is 13.1 Å². The molecule has 0 saturated heterocycles. The number of halogens is 1. The SMILES string of the molecule is CC[NH+](Cc1ccccc1)Cc1c(C)[nH]c2ccc(F)cc2c1=O. The molecule has 1 atom stereocenters. The third-order valence-corrected chi connectivity index (χ3v) is 4.50. The summed E-state index contributed by atoms with van der Waals surface area (Å²) < 4.78 is 13.5. The van der Waals surface area contributed by atoms with Gasteiger partial charge in [0.1, 0.15) is 18.9 Å². The summed E-state index contributed by atoms with van der Waals surface area (Å²) in [5.74, 6) is -0.383. The first-order valence-corrected chi connectivity index (χ1v) is 8.27. The average Bonchev–Trinajstić information content (AvgIpc) is 2.59. The molecule has 2 aromatic carbocycles. The van der Waals surface area contributed by atoms with E-state index in [0.717, 1.165) is 24.3 Å². The second-order valence-electron chi connectivity index (χ2n) is 6.19. The fourth-order valence-electron chi connectivity index (χ4n) is 3.08. The summed E-state index contributed by atoms with van der Waals surface area (Å²) in [4.78, 5) is 17.3. The summed E-state index contributed by atoms with van der Waals surface area (Å²) in [7, 11) is 0. The fraction of sp³-hybridized carbons (Fsp3) is 0.250. The van der Waals surface area contributed by atoms with Crippen molar-refractivity contribution in [1.82, 2.24) is 4.98 Å². The quantitative estimate of drug-likeness (QED) is 0.743. The summed E-state index contributed by atoms with van der Waals surface area (Å²) in [5.41, 5.74) is 3.46.